The Hall–Kier alpha value is -1.88. The van der Waals surface area contributed by atoms with Gasteiger partial charge in [-0.1, -0.05) is 30.3 Å². The molecule has 2 saturated heterocycles. The number of benzene rings is 1. The van der Waals surface area contributed by atoms with Crippen molar-refractivity contribution >= 4 is 11.9 Å². The van der Waals surface area contributed by atoms with Gasteiger partial charge in [-0.25, -0.2) is 4.79 Å². The highest BCUT2D eigenvalue weighted by Gasteiger charge is 2.44. The van der Waals surface area contributed by atoms with Crippen LogP contribution in [0, 0.1) is 0 Å². The number of likely N-dealkylation sites (tertiary alicyclic amines) is 1. The molecule has 5 nitrogen and oxygen atoms in total. The number of nitrogens with zero attached hydrogens (tertiary/aromatic N) is 2. The summed E-state index contributed by atoms with van der Waals surface area (Å²) in [6, 6.07) is 10.3. The number of imide groups is 1. The van der Waals surface area contributed by atoms with Crippen LogP contribution in [0.3, 0.4) is 0 Å². The van der Waals surface area contributed by atoms with Gasteiger partial charge in [-0.05, 0) is 38.3 Å². The summed E-state index contributed by atoms with van der Waals surface area (Å²) in [7, 11) is 0. The van der Waals surface area contributed by atoms with E-state index in [4.69, 9.17) is 0 Å². The normalized spacial score (nSPS) is 24.8. The highest BCUT2D eigenvalue weighted by atomic mass is 16.2. The zero-order valence-electron chi connectivity index (χ0n) is 13.2. The lowest BCUT2D eigenvalue weighted by molar-refractivity contribution is -0.130. The molecule has 0 aromatic heterocycles. The van der Waals surface area contributed by atoms with Crippen LogP contribution in [0.25, 0.3) is 0 Å². The fourth-order valence-corrected chi connectivity index (χ4v) is 3.30. The van der Waals surface area contributed by atoms with Crippen molar-refractivity contribution in [3.8, 4) is 0 Å². The Morgan fingerprint density at radius 1 is 1.18 bits per heavy atom. The highest BCUT2D eigenvalue weighted by Crippen LogP contribution is 2.27. The average Bonchev–Trinajstić information content (AvgIpc) is 3.03. The molecule has 2 aliphatic heterocycles. The molecule has 2 fully saturated rings. The lowest BCUT2D eigenvalue weighted by Crippen LogP contribution is -2.41. The number of hydrogen-bond donors (Lipinski definition) is 1. The summed E-state index contributed by atoms with van der Waals surface area (Å²) in [5, 5.41) is 2.72. The van der Waals surface area contributed by atoms with E-state index >= 15 is 0 Å². The van der Waals surface area contributed by atoms with Crippen LogP contribution in [0.4, 0.5) is 4.79 Å². The van der Waals surface area contributed by atoms with Gasteiger partial charge in [-0.2, -0.15) is 0 Å². The van der Waals surface area contributed by atoms with Gasteiger partial charge in [-0.15, -0.1) is 0 Å². The predicted octanol–water partition coefficient (Wildman–Crippen LogP) is 1.81. The molecule has 1 aromatic carbocycles. The minimum absolute atomic E-state index is 0.128. The van der Waals surface area contributed by atoms with Crippen molar-refractivity contribution in [3.05, 3.63) is 35.9 Å². The Morgan fingerprint density at radius 3 is 2.55 bits per heavy atom. The first-order valence-electron chi connectivity index (χ1n) is 7.89. The van der Waals surface area contributed by atoms with Gasteiger partial charge in [0.05, 0.1) is 0 Å². The van der Waals surface area contributed by atoms with E-state index in [1.165, 1.54) is 10.5 Å². The van der Waals surface area contributed by atoms with Gasteiger partial charge in [0, 0.05) is 19.6 Å². The van der Waals surface area contributed by atoms with Crippen LogP contribution in [-0.2, 0) is 4.79 Å². The van der Waals surface area contributed by atoms with Crippen molar-refractivity contribution in [1.29, 1.82) is 0 Å². The van der Waals surface area contributed by atoms with Crippen LogP contribution >= 0.6 is 0 Å². The molecule has 0 spiro atoms. The molecule has 1 atom stereocenters. The predicted molar refractivity (Wildman–Crippen MR) is 84.6 cm³/mol. The molecule has 0 aliphatic carbocycles. The van der Waals surface area contributed by atoms with Gasteiger partial charge in [-0.3, -0.25) is 9.69 Å². The average molecular weight is 301 g/mol. The maximum atomic E-state index is 12.2. The van der Waals surface area contributed by atoms with Crippen LogP contribution in [0.5, 0.6) is 0 Å². The zero-order valence-corrected chi connectivity index (χ0v) is 13.2. The summed E-state index contributed by atoms with van der Waals surface area (Å²) in [5.74, 6) is 0.428. The lowest BCUT2D eigenvalue weighted by atomic mass is 9.99. The molecule has 5 heteroatoms. The number of rotatable bonds is 4. The van der Waals surface area contributed by atoms with Crippen LogP contribution in [-0.4, -0.2) is 53.5 Å². The molecule has 0 radical (unpaired) electrons. The summed E-state index contributed by atoms with van der Waals surface area (Å²) in [6.07, 6.45) is 1.13. The SMILES string of the molecule is CC1(C)NC(=O)N(CCN2CC[C@@H](c3ccccc3)C2)C1=O. The second kappa shape index (κ2) is 5.72. The second-order valence-corrected chi connectivity index (χ2v) is 6.71. The van der Waals surface area contributed by atoms with E-state index in [9.17, 15) is 9.59 Å². The molecule has 2 aliphatic rings. The van der Waals surface area contributed by atoms with Crippen LogP contribution < -0.4 is 5.32 Å². The van der Waals surface area contributed by atoms with E-state index in [2.05, 4.69) is 34.5 Å². The van der Waals surface area contributed by atoms with E-state index in [-0.39, 0.29) is 11.9 Å². The van der Waals surface area contributed by atoms with Gasteiger partial charge in [0.15, 0.2) is 0 Å². The van der Waals surface area contributed by atoms with Gasteiger partial charge in [0.1, 0.15) is 5.54 Å². The Labute approximate surface area is 131 Å². The van der Waals surface area contributed by atoms with E-state index < -0.39 is 5.54 Å². The monoisotopic (exact) mass is 301 g/mol. The van der Waals surface area contributed by atoms with Crippen LogP contribution in [0.1, 0.15) is 31.7 Å². The topological polar surface area (TPSA) is 52.7 Å². The minimum Gasteiger partial charge on any atom is -0.324 e. The van der Waals surface area contributed by atoms with E-state index in [1.807, 2.05) is 6.07 Å². The Morgan fingerprint density at radius 2 is 1.91 bits per heavy atom. The first-order valence-corrected chi connectivity index (χ1v) is 7.89. The van der Waals surface area contributed by atoms with Crippen molar-refractivity contribution < 1.29 is 9.59 Å². The number of urea groups is 1. The third kappa shape index (κ3) is 2.86. The molecule has 3 amide bonds. The fraction of sp³-hybridized carbons (Fsp3) is 0.529. The molecule has 1 N–H and O–H groups in total. The van der Waals surface area contributed by atoms with Crippen molar-refractivity contribution in [1.82, 2.24) is 15.1 Å². The molecule has 2 heterocycles. The van der Waals surface area contributed by atoms with Gasteiger partial charge in [0.2, 0.25) is 0 Å². The highest BCUT2D eigenvalue weighted by molar-refractivity contribution is 6.06. The second-order valence-electron chi connectivity index (χ2n) is 6.71. The molecule has 1 aromatic rings. The van der Waals surface area contributed by atoms with E-state index in [0.717, 1.165) is 26.1 Å². The molecule has 3 rings (SSSR count). The Kier molecular flexibility index (Phi) is 3.91. The number of nitrogens with one attached hydrogen (secondary N) is 1. The number of carbonyl (C=O) groups is 2. The third-order valence-electron chi connectivity index (χ3n) is 4.63. The van der Waals surface area contributed by atoms with Gasteiger partial charge < -0.3 is 10.2 Å². The molecular weight excluding hydrogens is 278 g/mol. The minimum atomic E-state index is -0.769. The third-order valence-corrected chi connectivity index (χ3v) is 4.63. The number of hydrogen-bond acceptors (Lipinski definition) is 3. The summed E-state index contributed by atoms with van der Waals surface area (Å²) in [4.78, 5) is 27.7. The van der Waals surface area contributed by atoms with Crippen LogP contribution in [0.15, 0.2) is 30.3 Å². The van der Waals surface area contributed by atoms with Crippen molar-refractivity contribution in [2.24, 2.45) is 0 Å². The summed E-state index contributed by atoms with van der Waals surface area (Å²) in [5.41, 5.74) is 0.607. The molecule has 0 unspecified atom stereocenters. The lowest BCUT2D eigenvalue weighted by Gasteiger charge is -2.20. The maximum Gasteiger partial charge on any atom is 0.325 e. The Balaban J connectivity index is 1.53. The standard InChI is InChI=1S/C17H23N3O2/c1-17(2)15(21)20(16(22)18-17)11-10-19-9-8-14(12-19)13-6-4-3-5-7-13/h3-7,14H,8-12H2,1-2H3,(H,18,22)/t14-/m1/s1. The van der Waals surface area contributed by atoms with Gasteiger partial charge in [0.25, 0.3) is 5.91 Å². The first-order chi connectivity index (χ1) is 10.5. The van der Waals surface area contributed by atoms with Crippen molar-refractivity contribution in [3.63, 3.8) is 0 Å². The van der Waals surface area contributed by atoms with Crippen molar-refractivity contribution in [2.45, 2.75) is 31.7 Å². The number of carbonyl (C=O) groups excluding carboxylic acids is 2. The van der Waals surface area contributed by atoms with E-state index in [1.54, 1.807) is 13.8 Å². The summed E-state index contributed by atoms with van der Waals surface area (Å²) in [6.45, 7) is 6.72. The molecule has 0 bridgehead atoms. The largest absolute Gasteiger partial charge is 0.325 e. The van der Waals surface area contributed by atoms with E-state index in [0.29, 0.717) is 12.5 Å². The van der Waals surface area contributed by atoms with Crippen LogP contribution in [0.2, 0.25) is 0 Å². The first kappa shape index (κ1) is 15.0. The van der Waals surface area contributed by atoms with Gasteiger partial charge >= 0.3 is 6.03 Å². The summed E-state index contributed by atoms with van der Waals surface area (Å²) >= 11 is 0. The van der Waals surface area contributed by atoms with Crippen molar-refractivity contribution in [2.75, 3.05) is 26.2 Å². The smallest absolute Gasteiger partial charge is 0.324 e. The number of amides is 3. The molecule has 22 heavy (non-hydrogen) atoms. The summed E-state index contributed by atoms with van der Waals surface area (Å²) < 4.78 is 0. The molecular formula is C17H23N3O2. The quantitative estimate of drug-likeness (QED) is 0.863. The molecule has 118 valence electrons. The fourth-order valence-electron chi connectivity index (χ4n) is 3.30. The maximum absolute atomic E-state index is 12.2. The zero-order chi connectivity index (χ0) is 15.7. The molecule has 0 saturated carbocycles. The Bertz CT molecular complexity index is 571.